The van der Waals surface area contributed by atoms with E-state index in [-0.39, 0.29) is 12.5 Å². The van der Waals surface area contributed by atoms with Crippen LogP contribution in [0, 0.1) is 0 Å². The van der Waals surface area contributed by atoms with Gasteiger partial charge in [-0.2, -0.15) is 0 Å². The van der Waals surface area contributed by atoms with Gasteiger partial charge in [0.1, 0.15) is 0 Å². The fraction of sp³-hybridized carbons (Fsp3) is 0.316. The Morgan fingerprint density at radius 1 is 1.13 bits per heavy atom. The van der Waals surface area contributed by atoms with E-state index in [9.17, 15) is 9.90 Å². The van der Waals surface area contributed by atoms with E-state index < -0.39 is 11.7 Å². The minimum Gasteiger partial charge on any atom is -0.391 e. The molecule has 1 amide bonds. The fourth-order valence-corrected chi connectivity index (χ4v) is 2.44. The summed E-state index contributed by atoms with van der Waals surface area (Å²) in [4.78, 5) is 12.5. The lowest BCUT2D eigenvalue weighted by molar-refractivity contribution is -0.143. The Hall–Kier alpha value is -2.17. The van der Waals surface area contributed by atoms with Crippen molar-refractivity contribution in [2.24, 2.45) is 0 Å². The topological polar surface area (TPSA) is 58.6 Å². The molecule has 0 aromatic heterocycles. The second-order valence-electron chi connectivity index (χ2n) is 5.66. The Labute approximate surface area is 137 Å². The number of ether oxygens (including phenoxy) is 1. The van der Waals surface area contributed by atoms with Crippen LogP contribution in [0.4, 0.5) is 0 Å². The van der Waals surface area contributed by atoms with Gasteiger partial charge in [-0.15, -0.1) is 0 Å². The molecule has 0 bridgehead atoms. The molecule has 122 valence electrons. The highest BCUT2D eigenvalue weighted by Crippen LogP contribution is 2.24. The van der Waals surface area contributed by atoms with Crippen molar-refractivity contribution in [1.82, 2.24) is 5.32 Å². The van der Waals surface area contributed by atoms with Crippen LogP contribution >= 0.6 is 0 Å². The number of methoxy groups -OCH3 is 1. The molecule has 2 aromatic carbocycles. The first-order chi connectivity index (χ1) is 11.1. The van der Waals surface area contributed by atoms with Gasteiger partial charge in [-0.3, -0.25) is 4.79 Å². The normalized spacial score (nSPS) is 14.7. The molecule has 2 aromatic rings. The molecule has 0 aliphatic heterocycles. The van der Waals surface area contributed by atoms with Crippen molar-refractivity contribution in [3.63, 3.8) is 0 Å². The summed E-state index contributed by atoms with van der Waals surface area (Å²) >= 11 is 0. The summed E-state index contributed by atoms with van der Waals surface area (Å²) in [6.45, 7) is 1.90. The van der Waals surface area contributed by atoms with Crippen LogP contribution in [-0.4, -0.2) is 30.8 Å². The molecule has 0 aliphatic carbocycles. The van der Waals surface area contributed by atoms with Crippen LogP contribution < -0.4 is 5.32 Å². The molecule has 2 rings (SSSR count). The predicted octanol–water partition coefficient (Wildman–Crippen LogP) is 2.27. The van der Waals surface area contributed by atoms with Gasteiger partial charge in [0.15, 0.2) is 5.60 Å². The summed E-state index contributed by atoms with van der Waals surface area (Å²) in [5, 5.41) is 12.9. The molecule has 2 N–H and O–H groups in total. The molecule has 0 saturated heterocycles. The summed E-state index contributed by atoms with van der Waals surface area (Å²) in [6.07, 6.45) is -0.144. The summed E-state index contributed by atoms with van der Waals surface area (Å²) in [5.41, 5.74) is 0.734. The highest BCUT2D eigenvalue weighted by Gasteiger charge is 2.35. The van der Waals surface area contributed by atoms with Crippen molar-refractivity contribution >= 4 is 5.91 Å². The summed E-state index contributed by atoms with van der Waals surface area (Å²) in [7, 11) is 1.51. The van der Waals surface area contributed by atoms with Crippen LogP contribution in [0.25, 0.3) is 0 Å². The average molecular weight is 313 g/mol. The first-order valence-corrected chi connectivity index (χ1v) is 7.67. The molecule has 0 spiro atoms. The minimum absolute atomic E-state index is 0.180. The summed E-state index contributed by atoms with van der Waals surface area (Å²) < 4.78 is 5.44. The second-order valence-corrected chi connectivity index (χ2v) is 5.66. The predicted molar refractivity (Wildman–Crippen MR) is 90.0 cm³/mol. The van der Waals surface area contributed by atoms with Crippen molar-refractivity contribution in [1.29, 1.82) is 0 Å². The zero-order valence-electron chi connectivity index (χ0n) is 13.5. The third kappa shape index (κ3) is 4.41. The molecule has 0 saturated carbocycles. The molecule has 4 heteroatoms. The van der Waals surface area contributed by atoms with Crippen LogP contribution in [0.2, 0.25) is 0 Å². The quantitative estimate of drug-likeness (QED) is 0.824. The van der Waals surface area contributed by atoms with Gasteiger partial charge < -0.3 is 15.2 Å². The number of hydrogen-bond acceptors (Lipinski definition) is 3. The fourth-order valence-electron chi connectivity index (χ4n) is 2.44. The van der Waals surface area contributed by atoms with Gasteiger partial charge in [-0.1, -0.05) is 60.7 Å². The monoisotopic (exact) mass is 313 g/mol. The van der Waals surface area contributed by atoms with Crippen LogP contribution in [0.1, 0.15) is 18.1 Å². The molecule has 0 heterocycles. The van der Waals surface area contributed by atoms with Gasteiger partial charge in [0, 0.05) is 20.1 Å². The zero-order chi connectivity index (χ0) is 16.7. The lowest BCUT2D eigenvalue weighted by Gasteiger charge is -2.28. The van der Waals surface area contributed by atoms with Gasteiger partial charge in [0.25, 0.3) is 5.91 Å². The Bertz CT molecular complexity index is 615. The molecule has 2 atom stereocenters. The van der Waals surface area contributed by atoms with Crippen molar-refractivity contribution in [2.45, 2.75) is 25.0 Å². The molecule has 4 nitrogen and oxygen atoms in total. The van der Waals surface area contributed by atoms with Crippen LogP contribution in [0.15, 0.2) is 60.7 Å². The Kier molecular flexibility index (Phi) is 5.90. The van der Waals surface area contributed by atoms with Gasteiger partial charge in [0.2, 0.25) is 0 Å². The summed E-state index contributed by atoms with van der Waals surface area (Å²) in [5.74, 6) is -0.265. The molecule has 0 aliphatic rings. The van der Waals surface area contributed by atoms with Gasteiger partial charge in [-0.05, 0) is 18.1 Å². The maximum atomic E-state index is 12.5. The van der Waals surface area contributed by atoms with Crippen LogP contribution in [0.3, 0.4) is 0 Å². The van der Waals surface area contributed by atoms with Crippen molar-refractivity contribution in [3.8, 4) is 0 Å². The van der Waals surface area contributed by atoms with Gasteiger partial charge in [-0.25, -0.2) is 0 Å². The van der Waals surface area contributed by atoms with E-state index in [0.29, 0.717) is 6.42 Å². The maximum absolute atomic E-state index is 12.5. The van der Waals surface area contributed by atoms with E-state index in [1.165, 1.54) is 7.11 Å². The number of aliphatic hydroxyl groups excluding tert-OH is 1. The van der Waals surface area contributed by atoms with Crippen LogP contribution in [0.5, 0.6) is 0 Å². The van der Waals surface area contributed by atoms with E-state index in [4.69, 9.17) is 4.74 Å². The number of amides is 1. The van der Waals surface area contributed by atoms with E-state index in [1.54, 1.807) is 6.92 Å². The highest BCUT2D eigenvalue weighted by atomic mass is 16.5. The molecule has 0 radical (unpaired) electrons. The first kappa shape index (κ1) is 17.2. The number of aliphatic hydroxyl groups is 1. The Morgan fingerprint density at radius 2 is 1.70 bits per heavy atom. The summed E-state index contributed by atoms with van der Waals surface area (Å²) in [6, 6.07) is 19.0. The standard InChI is InChI=1S/C19H23NO3/c1-19(23-2,16-11-7-4-8-12-16)18(22)20-14-17(21)13-15-9-5-3-6-10-15/h3-12,17,21H,13-14H2,1-2H3,(H,20,22). The Morgan fingerprint density at radius 3 is 2.26 bits per heavy atom. The lowest BCUT2D eigenvalue weighted by Crippen LogP contribution is -2.46. The van der Waals surface area contributed by atoms with E-state index in [0.717, 1.165) is 11.1 Å². The van der Waals surface area contributed by atoms with Gasteiger partial charge >= 0.3 is 0 Å². The van der Waals surface area contributed by atoms with Crippen molar-refractivity contribution in [3.05, 3.63) is 71.8 Å². The molecule has 0 fully saturated rings. The van der Waals surface area contributed by atoms with E-state index in [1.807, 2.05) is 60.7 Å². The lowest BCUT2D eigenvalue weighted by atomic mass is 9.94. The zero-order valence-corrected chi connectivity index (χ0v) is 13.5. The largest absolute Gasteiger partial charge is 0.391 e. The first-order valence-electron chi connectivity index (χ1n) is 7.67. The van der Waals surface area contributed by atoms with Crippen molar-refractivity contribution in [2.75, 3.05) is 13.7 Å². The third-order valence-electron chi connectivity index (χ3n) is 3.98. The Balaban J connectivity index is 1.95. The number of hydrogen-bond donors (Lipinski definition) is 2. The number of nitrogens with one attached hydrogen (secondary N) is 1. The second kappa shape index (κ2) is 7.90. The number of carbonyl (C=O) groups is 1. The SMILES string of the molecule is COC(C)(C(=O)NCC(O)Cc1ccccc1)c1ccccc1. The minimum atomic E-state index is -1.08. The maximum Gasteiger partial charge on any atom is 0.256 e. The third-order valence-corrected chi connectivity index (χ3v) is 3.98. The molecular weight excluding hydrogens is 290 g/mol. The molecular formula is C19H23NO3. The molecule has 2 unspecified atom stereocenters. The number of rotatable bonds is 7. The number of carbonyl (C=O) groups excluding carboxylic acids is 1. The van der Waals surface area contributed by atoms with Gasteiger partial charge in [0.05, 0.1) is 6.10 Å². The smallest absolute Gasteiger partial charge is 0.256 e. The van der Waals surface area contributed by atoms with E-state index >= 15 is 0 Å². The van der Waals surface area contributed by atoms with Crippen molar-refractivity contribution < 1.29 is 14.6 Å². The van der Waals surface area contributed by atoms with E-state index in [2.05, 4.69) is 5.32 Å². The molecule has 23 heavy (non-hydrogen) atoms. The average Bonchev–Trinajstić information content (AvgIpc) is 2.60. The highest BCUT2D eigenvalue weighted by molar-refractivity contribution is 5.86. The number of benzene rings is 2. The van der Waals surface area contributed by atoms with Crippen LogP contribution in [-0.2, 0) is 21.6 Å².